The lowest BCUT2D eigenvalue weighted by molar-refractivity contribution is -0.123. The van der Waals surface area contributed by atoms with Gasteiger partial charge < -0.3 is 9.47 Å². The summed E-state index contributed by atoms with van der Waals surface area (Å²) in [5.41, 5.74) is 5.41. The van der Waals surface area contributed by atoms with Gasteiger partial charge in [0, 0.05) is 5.56 Å². The van der Waals surface area contributed by atoms with E-state index in [2.05, 4.69) is 10.5 Å². The molecule has 0 fully saturated rings. The molecule has 34 heavy (non-hydrogen) atoms. The normalized spacial score (nSPS) is 10.9. The summed E-state index contributed by atoms with van der Waals surface area (Å²) < 4.78 is 11.3. The molecule has 1 N–H and O–H groups in total. The highest BCUT2D eigenvalue weighted by Gasteiger charge is 2.14. The number of carbonyl (C=O) groups excluding carboxylic acids is 2. The molecule has 0 aromatic heterocycles. The SMILES string of the molecule is Cc1cccc(C(=O)Oc2ccc3ccccc3c2/C=N\NC(=O)COc2ccccc2C)c1. The second-order valence-corrected chi connectivity index (χ2v) is 7.80. The molecule has 0 saturated carbocycles. The number of amides is 1. The Morgan fingerprint density at radius 2 is 1.68 bits per heavy atom. The van der Waals surface area contributed by atoms with Gasteiger partial charge in [-0.05, 0) is 54.4 Å². The summed E-state index contributed by atoms with van der Waals surface area (Å²) in [5, 5.41) is 5.88. The van der Waals surface area contributed by atoms with E-state index < -0.39 is 11.9 Å². The number of esters is 1. The van der Waals surface area contributed by atoms with Gasteiger partial charge in [-0.2, -0.15) is 5.10 Å². The number of hydrogen-bond donors (Lipinski definition) is 1. The van der Waals surface area contributed by atoms with Gasteiger partial charge in [-0.15, -0.1) is 0 Å². The number of benzene rings is 4. The molecule has 0 aliphatic carbocycles. The van der Waals surface area contributed by atoms with Gasteiger partial charge in [0.2, 0.25) is 0 Å². The van der Waals surface area contributed by atoms with Crippen LogP contribution in [0.5, 0.6) is 11.5 Å². The maximum atomic E-state index is 12.7. The molecule has 0 unspecified atom stereocenters. The Labute approximate surface area is 197 Å². The summed E-state index contributed by atoms with van der Waals surface area (Å²) in [6, 6.07) is 25.9. The van der Waals surface area contributed by atoms with E-state index in [1.165, 1.54) is 6.21 Å². The number of aryl methyl sites for hydroxylation is 2. The van der Waals surface area contributed by atoms with Crippen molar-refractivity contribution in [2.75, 3.05) is 6.61 Å². The highest BCUT2D eigenvalue weighted by atomic mass is 16.5. The van der Waals surface area contributed by atoms with Gasteiger partial charge in [0.05, 0.1) is 11.8 Å². The van der Waals surface area contributed by atoms with Crippen LogP contribution in [0.2, 0.25) is 0 Å². The minimum absolute atomic E-state index is 0.174. The van der Waals surface area contributed by atoms with Crippen LogP contribution in [0.25, 0.3) is 10.8 Å². The summed E-state index contributed by atoms with van der Waals surface area (Å²) in [5.74, 6) is 0.114. The van der Waals surface area contributed by atoms with Gasteiger partial charge in [-0.3, -0.25) is 4.79 Å². The van der Waals surface area contributed by atoms with Crippen molar-refractivity contribution in [2.24, 2.45) is 5.10 Å². The molecule has 4 rings (SSSR count). The lowest BCUT2D eigenvalue weighted by Crippen LogP contribution is -2.24. The second-order valence-electron chi connectivity index (χ2n) is 7.80. The highest BCUT2D eigenvalue weighted by molar-refractivity contribution is 6.04. The Morgan fingerprint density at radius 3 is 2.50 bits per heavy atom. The summed E-state index contributed by atoms with van der Waals surface area (Å²) in [6.07, 6.45) is 1.48. The van der Waals surface area contributed by atoms with E-state index in [0.29, 0.717) is 22.6 Å². The number of carbonyl (C=O) groups is 2. The van der Waals surface area contributed by atoms with Crippen molar-refractivity contribution in [3.63, 3.8) is 0 Å². The van der Waals surface area contributed by atoms with Crippen LogP contribution in [0.3, 0.4) is 0 Å². The van der Waals surface area contributed by atoms with E-state index in [-0.39, 0.29) is 6.61 Å². The molecule has 4 aromatic rings. The molecular formula is C28H24N2O4. The topological polar surface area (TPSA) is 77.0 Å². The fourth-order valence-corrected chi connectivity index (χ4v) is 3.49. The number of rotatable bonds is 7. The molecule has 4 aromatic carbocycles. The van der Waals surface area contributed by atoms with Crippen LogP contribution >= 0.6 is 0 Å². The maximum Gasteiger partial charge on any atom is 0.343 e. The predicted molar refractivity (Wildman–Crippen MR) is 132 cm³/mol. The molecule has 0 aliphatic heterocycles. The van der Waals surface area contributed by atoms with Gasteiger partial charge in [0.15, 0.2) is 6.61 Å². The number of fused-ring (bicyclic) bond motifs is 1. The monoisotopic (exact) mass is 452 g/mol. The Hall–Kier alpha value is -4.45. The van der Waals surface area contributed by atoms with Gasteiger partial charge in [-0.25, -0.2) is 10.2 Å². The third-order valence-corrected chi connectivity index (χ3v) is 5.22. The first-order valence-electron chi connectivity index (χ1n) is 10.8. The van der Waals surface area contributed by atoms with Crippen LogP contribution < -0.4 is 14.9 Å². The zero-order valence-corrected chi connectivity index (χ0v) is 18.9. The largest absolute Gasteiger partial charge is 0.483 e. The number of ether oxygens (including phenoxy) is 2. The number of para-hydroxylation sites is 1. The molecule has 0 bridgehead atoms. The summed E-state index contributed by atoms with van der Waals surface area (Å²) in [7, 11) is 0. The summed E-state index contributed by atoms with van der Waals surface area (Å²) in [4.78, 5) is 25.0. The van der Waals surface area contributed by atoms with Gasteiger partial charge in [0.1, 0.15) is 11.5 Å². The van der Waals surface area contributed by atoms with Gasteiger partial charge in [0.25, 0.3) is 5.91 Å². The maximum absolute atomic E-state index is 12.7. The molecule has 1 amide bonds. The molecule has 0 spiro atoms. The first-order chi connectivity index (χ1) is 16.5. The predicted octanol–water partition coefficient (Wildman–Crippen LogP) is 5.20. The van der Waals surface area contributed by atoms with Crippen molar-refractivity contribution in [3.8, 4) is 11.5 Å². The van der Waals surface area contributed by atoms with E-state index in [4.69, 9.17) is 9.47 Å². The fourth-order valence-electron chi connectivity index (χ4n) is 3.49. The van der Waals surface area contributed by atoms with Crippen LogP contribution in [-0.2, 0) is 4.79 Å². The molecule has 0 heterocycles. The Bertz CT molecular complexity index is 1380. The van der Waals surface area contributed by atoms with Crippen molar-refractivity contribution >= 4 is 28.9 Å². The standard InChI is InChI=1S/C28H24N2O4/c1-19-8-7-11-22(16-19)28(32)34-26-15-14-21-10-4-5-12-23(21)24(26)17-29-30-27(31)18-33-25-13-6-3-9-20(25)2/h3-17H,18H2,1-2H3,(H,30,31)/b29-17-. The molecule has 0 saturated heterocycles. The second kappa shape index (κ2) is 10.4. The molecule has 0 aliphatic rings. The van der Waals surface area contributed by atoms with Gasteiger partial charge in [-0.1, -0.05) is 66.2 Å². The van der Waals surface area contributed by atoms with Crippen molar-refractivity contribution in [1.82, 2.24) is 5.43 Å². The van der Waals surface area contributed by atoms with E-state index in [1.54, 1.807) is 24.3 Å². The van der Waals surface area contributed by atoms with Crippen molar-refractivity contribution < 1.29 is 19.1 Å². The molecule has 6 nitrogen and oxygen atoms in total. The third kappa shape index (κ3) is 5.48. The fraction of sp³-hybridized carbons (Fsp3) is 0.107. The number of nitrogens with zero attached hydrogens (tertiary/aromatic N) is 1. The first-order valence-corrected chi connectivity index (χ1v) is 10.8. The average molecular weight is 453 g/mol. The van der Waals surface area contributed by atoms with Crippen molar-refractivity contribution in [3.05, 3.63) is 107 Å². The van der Waals surface area contributed by atoms with E-state index in [9.17, 15) is 9.59 Å². The Balaban J connectivity index is 1.52. The smallest absolute Gasteiger partial charge is 0.343 e. The average Bonchev–Trinajstić information content (AvgIpc) is 2.84. The minimum Gasteiger partial charge on any atom is -0.483 e. The van der Waals surface area contributed by atoms with Crippen LogP contribution in [0.15, 0.2) is 90.0 Å². The summed E-state index contributed by atoms with van der Waals surface area (Å²) in [6.45, 7) is 3.65. The zero-order chi connectivity index (χ0) is 23.9. The van der Waals surface area contributed by atoms with Crippen LogP contribution in [0.4, 0.5) is 0 Å². The van der Waals surface area contributed by atoms with E-state index in [0.717, 1.165) is 21.9 Å². The Kier molecular flexibility index (Phi) is 6.98. The van der Waals surface area contributed by atoms with Crippen LogP contribution in [0, 0.1) is 13.8 Å². The summed E-state index contributed by atoms with van der Waals surface area (Å²) >= 11 is 0. The van der Waals surface area contributed by atoms with Crippen molar-refractivity contribution in [1.29, 1.82) is 0 Å². The van der Waals surface area contributed by atoms with Crippen molar-refractivity contribution in [2.45, 2.75) is 13.8 Å². The lowest BCUT2D eigenvalue weighted by atomic mass is 10.0. The van der Waals surface area contributed by atoms with E-state index >= 15 is 0 Å². The molecular weight excluding hydrogens is 428 g/mol. The number of hydrazone groups is 1. The quantitative estimate of drug-likeness (QED) is 0.181. The number of hydrogen-bond acceptors (Lipinski definition) is 5. The highest BCUT2D eigenvalue weighted by Crippen LogP contribution is 2.27. The minimum atomic E-state index is -0.468. The number of nitrogens with one attached hydrogen (secondary N) is 1. The zero-order valence-electron chi connectivity index (χ0n) is 18.9. The van der Waals surface area contributed by atoms with Gasteiger partial charge >= 0.3 is 5.97 Å². The van der Waals surface area contributed by atoms with E-state index in [1.807, 2.05) is 74.5 Å². The van der Waals surface area contributed by atoms with Crippen LogP contribution in [0.1, 0.15) is 27.0 Å². The molecule has 170 valence electrons. The Morgan fingerprint density at radius 1 is 0.882 bits per heavy atom. The molecule has 0 atom stereocenters. The molecule has 6 heteroatoms. The third-order valence-electron chi connectivity index (χ3n) is 5.22. The van der Waals surface area contributed by atoms with Crippen LogP contribution in [-0.4, -0.2) is 24.7 Å². The first kappa shape index (κ1) is 22.7. The molecule has 0 radical (unpaired) electrons. The lowest BCUT2D eigenvalue weighted by Gasteiger charge is -2.11.